The first-order valence-corrected chi connectivity index (χ1v) is 5.49. The third kappa shape index (κ3) is 11.4. The fourth-order valence-electron chi connectivity index (χ4n) is 1.02. The second kappa shape index (κ2) is 5.50. The Kier molecular flexibility index (Phi) is 5.29. The summed E-state index contributed by atoms with van der Waals surface area (Å²) in [6.07, 6.45) is 0.438. The minimum atomic E-state index is -0.152. The van der Waals surface area contributed by atoms with E-state index in [0.717, 1.165) is 0 Å². The Balaban J connectivity index is 3.57. The number of nitrogens with one attached hydrogen (secondary N) is 1. The number of hydrogen-bond donors (Lipinski definition) is 1. The van der Waals surface area contributed by atoms with E-state index >= 15 is 0 Å². The van der Waals surface area contributed by atoms with Crippen LogP contribution in [0.4, 0.5) is 0 Å². The lowest BCUT2D eigenvalue weighted by molar-refractivity contribution is -0.123. The maximum absolute atomic E-state index is 11.4. The standard InChI is InChI=1S/C12H25NO2/c1-11(2,3)9-15-8-7-10(14)13-12(4,5)6/h7-9H2,1-6H3,(H,13,14). The van der Waals surface area contributed by atoms with Gasteiger partial charge in [0.25, 0.3) is 0 Å². The van der Waals surface area contributed by atoms with Crippen molar-refractivity contribution in [3.63, 3.8) is 0 Å². The van der Waals surface area contributed by atoms with Crippen molar-refractivity contribution in [3.05, 3.63) is 0 Å². The van der Waals surface area contributed by atoms with E-state index < -0.39 is 0 Å². The van der Waals surface area contributed by atoms with Crippen LogP contribution in [-0.2, 0) is 9.53 Å². The van der Waals surface area contributed by atoms with Crippen molar-refractivity contribution in [2.75, 3.05) is 13.2 Å². The number of carbonyl (C=O) groups excluding carboxylic acids is 1. The van der Waals surface area contributed by atoms with Crippen LogP contribution in [0.15, 0.2) is 0 Å². The van der Waals surface area contributed by atoms with Gasteiger partial charge < -0.3 is 10.1 Å². The first kappa shape index (κ1) is 14.4. The van der Waals surface area contributed by atoms with Crippen molar-refractivity contribution in [3.8, 4) is 0 Å². The predicted molar refractivity (Wildman–Crippen MR) is 62.8 cm³/mol. The van der Waals surface area contributed by atoms with Gasteiger partial charge in [0.1, 0.15) is 0 Å². The highest BCUT2D eigenvalue weighted by atomic mass is 16.5. The highest BCUT2D eigenvalue weighted by Gasteiger charge is 2.14. The normalized spacial score (nSPS) is 12.7. The highest BCUT2D eigenvalue weighted by Crippen LogP contribution is 2.12. The Labute approximate surface area is 93.6 Å². The molecule has 0 bridgehead atoms. The second-order valence-electron chi connectivity index (χ2n) is 6.16. The lowest BCUT2D eigenvalue weighted by Gasteiger charge is -2.21. The molecule has 3 heteroatoms. The molecular formula is C12H25NO2. The number of rotatable bonds is 4. The Morgan fingerprint density at radius 1 is 1.13 bits per heavy atom. The smallest absolute Gasteiger partial charge is 0.222 e. The monoisotopic (exact) mass is 215 g/mol. The van der Waals surface area contributed by atoms with Crippen LogP contribution in [0.5, 0.6) is 0 Å². The molecule has 0 spiro atoms. The molecule has 0 aromatic heterocycles. The SMILES string of the molecule is CC(C)(C)COCCC(=O)NC(C)(C)C. The maximum Gasteiger partial charge on any atom is 0.222 e. The average molecular weight is 215 g/mol. The summed E-state index contributed by atoms with van der Waals surface area (Å²) in [7, 11) is 0. The van der Waals surface area contributed by atoms with Crippen LogP contribution in [0, 0.1) is 5.41 Å². The molecule has 0 aromatic rings. The van der Waals surface area contributed by atoms with Crippen LogP contribution in [0.1, 0.15) is 48.0 Å². The Bertz CT molecular complexity index is 199. The quantitative estimate of drug-likeness (QED) is 0.731. The van der Waals surface area contributed by atoms with Gasteiger partial charge in [0.15, 0.2) is 0 Å². The molecule has 1 amide bonds. The molecule has 0 aliphatic rings. The molecule has 0 fully saturated rings. The van der Waals surface area contributed by atoms with Crippen molar-refractivity contribution < 1.29 is 9.53 Å². The van der Waals surface area contributed by atoms with Gasteiger partial charge >= 0.3 is 0 Å². The van der Waals surface area contributed by atoms with Gasteiger partial charge in [-0.05, 0) is 26.2 Å². The minimum Gasteiger partial charge on any atom is -0.380 e. The van der Waals surface area contributed by atoms with Crippen molar-refractivity contribution in [1.82, 2.24) is 5.32 Å². The van der Waals surface area contributed by atoms with E-state index in [1.165, 1.54) is 0 Å². The van der Waals surface area contributed by atoms with Crippen LogP contribution in [0.25, 0.3) is 0 Å². The molecule has 0 rings (SSSR count). The fraction of sp³-hybridized carbons (Fsp3) is 0.917. The van der Waals surface area contributed by atoms with Crippen LogP contribution in [0.3, 0.4) is 0 Å². The van der Waals surface area contributed by atoms with Crippen LogP contribution >= 0.6 is 0 Å². The van der Waals surface area contributed by atoms with Crippen molar-refractivity contribution in [1.29, 1.82) is 0 Å². The van der Waals surface area contributed by atoms with Gasteiger partial charge in [0.05, 0.1) is 13.2 Å². The zero-order chi connectivity index (χ0) is 12.1. The summed E-state index contributed by atoms with van der Waals surface area (Å²) in [6.45, 7) is 13.4. The Morgan fingerprint density at radius 3 is 2.07 bits per heavy atom. The summed E-state index contributed by atoms with van der Waals surface area (Å²) in [5.74, 6) is 0.0522. The van der Waals surface area contributed by atoms with E-state index in [9.17, 15) is 4.79 Å². The second-order valence-corrected chi connectivity index (χ2v) is 6.16. The van der Waals surface area contributed by atoms with Crippen LogP contribution < -0.4 is 5.32 Å². The van der Waals surface area contributed by atoms with Crippen LogP contribution in [0.2, 0.25) is 0 Å². The largest absolute Gasteiger partial charge is 0.380 e. The summed E-state index contributed by atoms with van der Waals surface area (Å²) in [5, 5.41) is 2.90. The summed E-state index contributed by atoms with van der Waals surface area (Å²) in [5.41, 5.74) is 0.0155. The zero-order valence-electron chi connectivity index (χ0n) is 10.9. The molecule has 3 nitrogen and oxygen atoms in total. The number of carbonyl (C=O) groups is 1. The lowest BCUT2D eigenvalue weighted by Crippen LogP contribution is -2.41. The van der Waals surface area contributed by atoms with E-state index in [1.807, 2.05) is 20.8 Å². The third-order valence-electron chi connectivity index (χ3n) is 1.52. The van der Waals surface area contributed by atoms with E-state index in [1.54, 1.807) is 0 Å². The average Bonchev–Trinajstić information content (AvgIpc) is 1.92. The molecule has 0 heterocycles. The van der Waals surface area contributed by atoms with E-state index in [0.29, 0.717) is 19.6 Å². The molecule has 1 N–H and O–H groups in total. The Morgan fingerprint density at radius 2 is 1.67 bits per heavy atom. The molecule has 15 heavy (non-hydrogen) atoms. The molecule has 0 saturated heterocycles. The van der Waals surface area contributed by atoms with Gasteiger partial charge in [-0.15, -0.1) is 0 Å². The minimum absolute atomic E-state index is 0.0522. The molecule has 0 saturated carbocycles. The molecule has 0 aliphatic heterocycles. The third-order valence-corrected chi connectivity index (χ3v) is 1.52. The van der Waals surface area contributed by atoms with Gasteiger partial charge in [0, 0.05) is 12.0 Å². The Hall–Kier alpha value is -0.570. The van der Waals surface area contributed by atoms with Crippen LogP contribution in [-0.4, -0.2) is 24.7 Å². The summed E-state index contributed by atoms with van der Waals surface area (Å²) < 4.78 is 5.42. The summed E-state index contributed by atoms with van der Waals surface area (Å²) in [6, 6.07) is 0. The van der Waals surface area contributed by atoms with Crippen molar-refractivity contribution >= 4 is 5.91 Å². The number of hydrogen-bond acceptors (Lipinski definition) is 2. The predicted octanol–water partition coefficient (Wildman–Crippen LogP) is 2.35. The van der Waals surface area contributed by atoms with Crippen molar-refractivity contribution in [2.24, 2.45) is 5.41 Å². The van der Waals surface area contributed by atoms with Gasteiger partial charge in [-0.1, -0.05) is 20.8 Å². The highest BCUT2D eigenvalue weighted by molar-refractivity contribution is 5.76. The number of amides is 1. The molecular weight excluding hydrogens is 190 g/mol. The van der Waals surface area contributed by atoms with Gasteiger partial charge in [0.2, 0.25) is 5.91 Å². The maximum atomic E-state index is 11.4. The topological polar surface area (TPSA) is 38.3 Å². The molecule has 0 aliphatic carbocycles. The van der Waals surface area contributed by atoms with Gasteiger partial charge in [-0.3, -0.25) is 4.79 Å². The molecule has 0 aromatic carbocycles. The first-order chi connectivity index (χ1) is 6.60. The fourth-order valence-corrected chi connectivity index (χ4v) is 1.02. The van der Waals surface area contributed by atoms with E-state index in [4.69, 9.17) is 4.74 Å². The molecule has 0 unspecified atom stereocenters. The lowest BCUT2D eigenvalue weighted by atomic mass is 9.99. The van der Waals surface area contributed by atoms with Crippen molar-refractivity contribution in [2.45, 2.75) is 53.5 Å². The molecule has 90 valence electrons. The summed E-state index contributed by atoms with van der Waals surface area (Å²) in [4.78, 5) is 11.4. The number of ether oxygens (including phenoxy) is 1. The van der Waals surface area contributed by atoms with E-state index in [2.05, 4.69) is 26.1 Å². The zero-order valence-corrected chi connectivity index (χ0v) is 10.9. The van der Waals surface area contributed by atoms with E-state index in [-0.39, 0.29) is 16.9 Å². The molecule has 0 radical (unpaired) electrons. The molecule has 0 atom stereocenters. The van der Waals surface area contributed by atoms with Gasteiger partial charge in [-0.2, -0.15) is 0 Å². The summed E-state index contributed by atoms with van der Waals surface area (Å²) >= 11 is 0. The van der Waals surface area contributed by atoms with Gasteiger partial charge in [-0.25, -0.2) is 0 Å². The first-order valence-electron chi connectivity index (χ1n) is 5.49.